The summed E-state index contributed by atoms with van der Waals surface area (Å²) in [4.78, 5) is 20.2. The van der Waals surface area contributed by atoms with Gasteiger partial charge in [-0.3, -0.25) is 4.79 Å². The van der Waals surface area contributed by atoms with Gasteiger partial charge in [0.05, 0.1) is 5.69 Å². The molecule has 1 atom stereocenters. The maximum atomic E-state index is 13.8. The summed E-state index contributed by atoms with van der Waals surface area (Å²) in [6, 6.07) is 0. The number of rotatable bonds is 4. The third-order valence-corrected chi connectivity index (χ3v) is 3.30. The molecular formula is C12H16FN3O2. The molecule has 2 rings (SSSR count). The summed E-state index contributed by atoms with van der Waals surface area (Å²) in [7, 11) is 0. The Kier molecular flexibility index (Phi) is 3.74. The van der Waals surface area contributed by atoms with Gasteiger partial charge in [0.2, 0.25) is 0 Å². The molecule has 0 aromatic carbocycles. The van der Waals surface area contributed by atoms with Crippen LogP contribution in [-0.4, -0.2) is 34.1 Å². The van der Waals surface area contributed by atoms with Crippen LogP contribution in [0.3, 0.4) is 0 Å². The van der Waals surface area contributed by atoms with E-state index in [0.717, 1.165) is 13.0 Å². The zero-order valence-electron chi connectivity index (χ0n) is 10.3. The van der Waals surface area contributed by atoms with Gasteiger partial charge in [-0.05, 0) is 25.7 Å². The van der Waals surface area contributed by atoms with Gasteiger partial charge in [-0.1, -0.05) is 0 Å². The number of aliphatic carboxylic acids is 1. The number of anilines is 1. The first kappa shape index (κ1) is 12.7. The first-order valence-corrected chi connectivity index (χ1v) is 6.01. The van der Waals surface area contributed by atoms with Crippen molar-refractivity contribution in [2.45, 2.75) is 26.2 Å². The van der Waals surface area contributed by atoms with Crippen molar-refractivity contribution >= 4 is 11.8 Å². The summed E-state index contributed by atoms with van der Waals surface area (Å²) in [6.07, 6.45) is 3.05. The Hall–Kier alpha value is -1.72. The van der Waals surface area contributed by atoms with Crippen LogP contribution in [0.15, 0.2) is 6.33 Å². The van der Waals surface area contributed by atoms with Gasteiger partial charge in [-0.25, -0.2) is 14.4 Å². The standard InChI is InChI=1S/C12H16FN3O2/c1-8-11(13)12(15-7-14-8)16-5-4-9(6-16)2-3-10(17)18/h7,9H,2-6H2,1H3,(H,17,18). The van der Waals surface area contributed by atoms with Gasteiger partial charge >= 0.3 is 5.97 Å². The summed E-state index contributed by atoms with van der Waals surface area (Å²) in [6.45, 7) is 3.00. The van der Waals surface area contributed by atoms with Gasteiger partial charge < -0.3 is 10.0 Å². The van der Waals surface area contributed by atoms with Crippen LogP contribution >= 0.6 is 0 Å². The lowest BCUT2D eigenvalue weighted by Crippen LogP contribution is -2.23. The van der Waals surface area contributed by atoms with Crippen molar-refractivity contribution in [3.05, 3.63) is 17.8 Å². The molecule has 0 spiro atoms. The van der Waals surface area contributed by atoms with Crippen molar-refractivity contribution in [3.8, 4) is 0 Å². The molecule has 1 unspecified atom stereocenters. The summed E-state index contributed by atoms with van der Waals surface area (Å²) < 4.78 is 13.8. The van der Waals surface area contributed by atoms with Gasteiger partial charge in [-0.15, -0.1) is 0 Å². The van der Waals surface area contributed by atoms with Crippen LogP contribution < -0.4 is 4.90 Å². The highest BCUT2D eigenvalue weighted by molar-refractivity contribution is 5.66. The number of carboxylic acid groups (broad SMARTS) is 1. The molecule has 1 aliphatic heterocycles. The normalized spacial score (nSPS) is 19.2. The van der Waals surface area contributed by atoms with E-state index in [-0.39, 0.29) is 12.2 Å². The van der Waals surface area contributed by atoms with Gasteiger partial charge in [0.1, 0.15) is 6.33 Å². The van der Waals surface area contributed by atoms with Gasteiger partial charge in [-0.2, -0.15) is 0 Å². The SMILES string of the molecule is Cc1ncnc(N2CCC(CCC(=O)O)C2)c1F. The smallest absolute Gasteiger partial charge is 0.303 e. The van der Waals surface area contributed by atoms with Crippen LogP contribution in [0, 0.1) is 18.7 Å². The third-order valence-electron chi connectivity index (χ3n) is 3.30. The molecular weight excluding hydrogens is 237 g/mol. The molecule has 98 valence electrons. The Labute approximate surface area is 105 Å². The average molecular weight is 253 g/mol. The molecule has 1 aromatic heterocycles. The molecule has 2 heterocycles. The van der Waals surface area contributed by atoms with Crippen LogP contribution in [0.1, 0.15) is 25.0 Å². The fourth-order valence-electron chi connectivity index (χ4n) is 2.25. The minimum absolute atomic E-state index is 0.170. The minimum Gasteiger partial charge on any atom is -0.481 e. The van der Waals surface area contributed by atoms with Crippen molar-refractivity contribution < 1.29 is 14.3 Å². The quantitative estimate of drug-likeness (QED) is 0.883. The molecule has 0 amide bonds. The van der Waals surface area contributed by atoms with E-state index in [1.54, 1.807) is 6.92 Å². The molecule has 1 saturated heterocycles. The van der Waals surface area contributed by atoms with Crippen molar-refractivity contribution in [2.75, 3.05) is 18.0 Å². The zero-order chi connectivity index (χ0) is 13.1. The molecule has 1 fully saturated rings. The number of aromatic nitrogens is 2. The van der Waals surface area contributed by atoms with Crippen LogP contribution in [0.2, 0.25) is 0 Å². The van der Waals surface area contributed by atoms with E-state index in [2.05, 4.69) is 9.97 Å². The highest BCUT2D eigenvalue weighted by Gasteiger charge is 2.26. The van der Waals surface area contributed by atoms with Crippen molar-refractivity contribution in [3.63, 3.8) is 0 Å². The number of hydrogen-bond acceptors (Lipinski definition) is 4. The highest BCUT2D eigenvalue weighted by Crippen LogP contribution is 2.27. The van der Waals surface area contributed by atoms with Gasteiger partial charge in [0.25, 0.3) is 0 Å². The Morgan fingerprint density at radius 1 is 1.61 bits per heavy atom. The summed E-state index contributed by atoms with van der Waals surface area (Å²) in [5.74, 6) is -0.523. The van der Waals surface area contributed by atoms with E-state index in [4.69, 9.17) is 5.11 Å². The Bertz CT molecular complexity index is 453. The first-order chi connectivity index (χ1) is 8.58. The van der Waals surface area contributed by atoms with Gasteiger partial charge in [0.15, 0.2) is 11.6 Å². The van der Waals surface area contributed by atoms with Crippen LogP contribution in [0.25, 0.3) is 0 Å². The van der Waals surface area contributed by atoms with E-state index < -0.39 is 5.97 Å². The lowest BCUT2D eigenvalue weighted by Gasteiger charge is -2.18. The maximum Gasteiger partial charge on any atom is 0.303 e. The molecule has 0 bridgehead atoms. The molecule has 0 saturated carbocycles. The van der Waals surface area contributed by atoms with Crippen LogP contribution in [0.4, 0.5) is 10.2 Å². The first-order valence-electron chi connectivity index (χ1n) is 6.01. The lowest BCUT2D eigenvalue weighted by molar-refractivity contribution is -0.137. The summed E-state index contributed by atoms with van der Waals surface area (Å²) in [5.41, 5.74) is 0.342. The summed E-state index contributed by atoms with van der Waals surface area (Å²) in [5, 5.41) is 8.64. The molecule has 5 nitrogen and oxygen atoms in total. The topological polar surface area (TPSA) is 66.3 Å². The fraction of sp³-hybridized carbons (Fsp3) is 0.583. The van der Waals surface area contributed by atoms with Crippen LogP contribution in [-0.2, 0) is 4.79 Å². The molecule has 0 radical (unpaired) electrons. The zero-order valence-corrected chi connectivity index (χ0v) is 10.3. The van der Waals surface area contributed by atoms with Crippen molar-refractivity contribution in [2.24, 2.45) is 5.92 Å². The number of aryl methyl sites for hydroxylation is 1. The molecule has 1 aromatic rings. The average Bonchev–Trinajstić information content (AvgIpc) is 2.78. The Morgan fingerprint density at radius 3 is 3.11 bits per heavy atom. The second-order valence-corrected chi connectivity index (χ2v) is 4.63. The number of nitrogens with zero attached hydrogens (tertiary/aromatic N) is 3. The largest absolute Gasteiger partial charge is 0.481 e. The Morgan fingerprint density at radius 2 is 2.39 bits per heavy atom. The molecule has 0 aliphatic carbocycles. The fourth-order valence-corrected chi connectivity index (χ4v) is 2.25. The predicted molar refractivity (Wildman–Crippen MR) is 63.9 cm³/mol. The maximum absolute atomic E-state index is 13.8. The van der Waals surface area contributed by atoms with E-state index in [9.17, 15) is 9.18 Å². The van der Waals surface area contributed by atoms with Gasteiger partial charge in [0, 0.05) is 19.5 Å². The molecule has 1 aliphatic rings. The number of carboxylic acids is 1. The van der Waals surface area contributed by atoms with E-state index in [0.29, 0.717) is 30.4 Å². The third kappa shape index (κ3) is 2.75. The van der Waals surface area contributed by atoms with Crippen molar-refractivity contribution in [1.29, 1.82) is 0 Å². The summed E-state index contributed by atoms with van der Waals surface area (Å²) >= 11 is 0. The minimum atomic E-state index is -0.780. The lowest BCUT2D eigenvalue weighted by atomic mass is 10.0. The highest BCUT2D eigenvalue weighted by atomic mass is 19.1. The molecule has 6 heteroatoms. The monoisotopic (exact) mass is 253 g/mol. The van der Waals surface area contributed by atoms with Crippen molar-refractivity contribution in [1.82, 2.24) is 9.97 Å². The molecule has 1 N–H and O–H groups in total. The van der Waals surface area contributed by atoms with E-state index in [1.807, 2.05) is 4.90 Å². The Balaban J connectivity index is 2.00. The predicted octanol–water partition coefficient (Wildman–Crippen LogP) is 1.62. The second-order valence-electron chi connectivity index (χ2n) is 4.63. The number of halogens is 1. The second kappa shape index (κ2) is 5.29. The van der Waals surface area contributed by atoms with Crippen LogP contribution in [0.5, 0.6) is 0 Å². The number of hydrogen-bond donors (Lipinski definition) is 1. The molecule has 18 heavy (non-hydrogen) atoms. The van der Waals surface area contributed by atoms with E-state index >= 15 is 0 Å². The van der Waals surface area contributed by atoms with E-state index in [1.165, 1.54) is 6.33 Å². The number of carbonyl (C=O) groups is 1.